The van der Waals surface area contributed by atoms with E-state index in [0.29, 0.717) is 18.6 Å². The molecule has 1 heterocycles. The highest BCUT2D eigenvalue weighted by Gasteiger charge is 2.34. The number of halogens is 2. The van der Waals surface area contributed by atoms with Gasteiger partial charge < -0.3 is 14.8 Å². The molecule has 11 heteroatoms. The van der Waals surface area contributed by atoms with Crippen molar-refractivity contribution in [2.75, 3.05) is 32.1 Å². The van der Waals surface area contributed by atoms with Crippen LogP contribution >= 0.6 is 0 Å². The Morgan fingerprint density at radius 3 is 2.50 bits per heavy atom. The van der Waals surface area contributed by atoms with E-state index in [-0.39, 0.29) is 23.7 Å². The van der Waals surface area contributed by atoms with Gasteiger partial charge in [-0.1, -0.05) is 0 Å². The molecule has 0 bridgehead atoms. The lowest BCUT2D eigenvalue weighted by molar-refractivity contribution is -0.152. The number of amides is 1. The van der Waals surface area contributed by atoms with Gasteiger partial charge in [0, 0.05) is 24.8 Å². The van der Waals surface area contributed by atoms with E-state index in [1.54, 1.807) is 0 Å². The second kappa shape index (κ2) is 10.0. The van der Waals surface area contributed by atoms with Crippen LogP contribution in [0.25, 0.3) is 0 Å². The topological polar surface area (TPSA) is 102 Å². The van der Waals surface area contributed by atoms with Gasteiger partial charge in [-0.2, -0.15) is 4.31 Å². The van der Waals surface area contributed by atoms with E-state index in [1.807, 2.05) is 0 Å². The number of sulfonamides is 1. The lowest BCUT2D eigenvalue weighted by Gasteiger charge is -2.30. The molecule has 1 saturated heterocycles. The predicted molar refractivity (Wildman–Crippen MR) is 110 cm³/mol. The third-order valence-corrected chi connectivity index (χ3v) is 6.84. The number of hydrogen-bond donors (Lipinski definition) is 1. The number of hydrogen-bond acceptors (Lipinski definition) is 6. The lowest BCUT2D eigenvalue weighted by Crippen LogP contribution is -2.43. The maximum atomic E-state index is 13.2. The fourth-order valence-electron chi connectivity index (χ4n) is 3.28. The molecule has 1 aliphatic heterocycles. The lowest BCUT2D eigenvalue weighted by atomic mass is 10.00. The number of benzene rings is 2. The molecule has 172 valence electrons. The first-order valence-corrected chi connectivity index (χ1v) is 11.2. The van der Waals surface area contributed by atoms with Crippen molar-refractivity contribution in [2.45, 2.75) is 17.7 Å². The Hall–Kier alpha value is -3.05. The van der Waals surface area contributed by atoms with E-state index < -0.39 is 46.1 Å². The van der Waals surface area contributed by atoms with Crippen molar-refractivity contribution in [1.29, 1.82) is 0 Å². The third kappa shape index (κ3) is 5.60. The molecule has 1 N–H and O–H groups in total. The van der Waals surface area contributed by atoms with Crippen LogP contribution in [0, 0.1) is 17.6 Å². The van der Waals surface area contributed by atoms with Crippen LogP contribution < -0.4 is 10.1 Å². The summed E-state index contributed by atoms with van der Waals surface area (Å²) in [4.78, 5) is 24.4. The van der Waals surface area contributed by atoms with Crippen molar-refractivity contribution in [1.82, 2.24) is 4.31 Å². The van der Waals surface area contributed by atoms with Gasteiger partial charge in [0.2, 0.25) is 10.0 Å². The maximum Gasteiger partial charge on any atom is 0.310 e. The van der Waals surface area contributed by atoms with Crippen molar-refractivity contribution in [3.63, 3.8) is 0 Å². The van der Waals surface area contributed by atoms with E-state index in [1.165, 1.54) is 41.7 Å². The summed E-state index contributed by atoms with van der Waals surface area (Å²) >= 11 is 0. The number of methoxy groups -OCH3 is 1. The number of carbonyl (C=O) groups excluding carboxylic acids is 2. The Kier molecular flexibility index (Phi) is 7.41. The molecule has 1 aliphatic rings. The van der Waals surface area contributed by atoms with E-state index in [2.05, 4.69) is 5.32 Å². The minimum atomic E-state index is -3.81. The third-order valence-electron chi connectivity index (χ3n) is 4.96. The van der Waals surface area contributed by atoms with Crippen LogP contribution in [0.1, 0.15) is 12.8 Å². The van der Waals surface area contributed by atoms with E-state index >= 15 is 0 Å². The summed E-state index contributed by atoms with van der Waals surface area (Å²) in [5.74, 6) is -3.83. The number of carbonyl (C=O) groups is 2. The predicted octanol–water partition coefficient (Wildman–Crippen LogP) is 2.56. The summed E-state index contributed by atoms with van der Waals surface area (Å²) in [5.41, 5.74) is 0.0133. The summed E-state index contributed by atoms with van der Waals surface area (Å²) in [5, 5.41) is 2.29. The minimum Gasteiger partial charge on any atom is -0.497 e. The van der Waals surface area contributed by atoms with Crippen molar-refractivity contribution < 1.29 is 36.3 Å². The zero-order chi connectivity index (χ0) is 23.3. The number of rotatable bonds is 7. The van der Waals surface area contributed by atoms with Gasteiger partial charge in [-0.3, -0.25) is 9.59 Å². The van der Waals surface area contributed by atoms with Gasteiger partial charge in [0.1, 0.15) is 5.75 Å². The largest absolute Gasteiger partial charge is 0.497 e. The van der Waals surface area contributed by atoms with Gasteiger partial charge in [0.05, 0.1) is 17.9 Å². The monoisotopic (exact) mass is 468 g/mol. The average Bonchev–Trinajstić information content (AvgIpc) is 2.80. The van der Waals surface area contributed by atoms with Crippen LogP contribution in [0.4, 0.5) is 14.5 Å². The van der Waals surface area contributed by atoms with Crippen molar-refractivity contribution >= 4 is 27.6 Å². The SMILES string of the molecule is COc1ccc(S(=O)(=O)N2CCCC(C(=O)OCC(=O)Nc3ccc(F)c(F)c3)C2)cc1. The highest BCUT2D eigenvalue weighted by Crippen LogP contribution is 2.25. The summed E-state index contributed by atoms with van der Waals surface area (Å²) in [6, 6.07) is 8.76. The van der Waals surface area contributed by atoms with Gasteiger partial charge in [-0.25, -0.2) is 17.2 Å². The number of anilines is 1. The molecule has 8 nitrogen and oxygen atoms in total. The fourth-order valence-corrected chi connectivity index (χ4v) is 4.80. The zero-order valence-electron chi connectivity index (χ0n) is 17.2. The molecule has 3 rings (SSSR count). The van der Waals surface area contributed by atoms with Crippen molar-refractivity contribution in [2.24, 2.45) is 5.92 Å². The molecule has 0 radical (unpaired) electrons. The first-order chi connectivity index (χ1) is 15.2. The number of nitrogens with one attached hydrogen (secondary N) is 1. The second-order valence-corrected chi connectivity index (χ2v) is 9.10. The maximum absolute atomic E-state index is 13.2. The van der Waals surface area contributed by atoms with Gasteiger partial charge in [-0.05, 0) is 49.2 Å². The van der Waals surface area contributed by atoms with E-state index in [0.717, 1.165) is 12.1 Å². The van der Waals surface area contributed by atoms with Gasteiger partial charge in [-0.15, -0.1) is 0 Å². The Balaban J connectivity index is 1.56. The first kappa shape index (κ1) is 23.6. The highest BCUT2D eigenvalue weighted by molar-refractivity contribution is 7.89. The molecule has 0 aromatic heterocycles. The Morgan fingerprint density at radius 1 is 1.12 bits per heavy atom. The average molecular weight is 468 g/mol. The van der Waals surface area contributed by atoms with Crippen LogP contribution in [0.3, 0.4) is 0 Å². The molecule has 1 fully saturated rings. The molecule has 1 amide bonds. The molecule has 0 aliphatic carbocycles. The normalized spacial score (nSPS) is 16.9. The Bertz CT molecular complexity index is 1090. The highest BCUT2D eigenvalue weighted by atomic mass is 32.2. The van der Waals surface area contributed by atoms with Crippen LogP contribution in [-0.2, 0) is 24.3 Å². The second-order valence-electron chi connectivity index (χ2n) is 7.16. The van der Waals surface area contributed by atoms with Gasteiger partial charge >= 0.3 is 5.97 Å². The molecule has 2 aromatic carbocycles. The van der Waals surface area contributed by atoms with Crippen molar-refractivity contribution in [3.8, 4) is 5.75 Å². The van der Waals surface area contributed by atoms with E-state index in [4.69, 9.17) is 9.47 Å². The van der Waals surface area contributed by atoms with Gasteiger partial charge in [0.15, 0.2) is 18.2 Å². The molecule has 0 spiro atoms. The standard InChI is InChI=1S/C21H22F2N2O6S/c1-30-16-5-7-17(8-6-16)32(28,29)25-10-2-3-14(12-25)21(27)31-13-20(26)24-15-4-9-18(22)19(23)11-15/h4-9,11,14H,2-3,10,12-13H2,1H3,(H,24,26). The summed E-state index contributed by atoms with van der Waals surface area (Å²) in [6.45, 7) is -0.452. The molecule has 1 unspecified atom stereocenters. The summed E-state index contributed by atoms with van der Waals surface area (Å²) in [7, 11) is -2.33. The quantitative estimate of drug-likeness (QED) is 0.627. The molecule has 1 atom stereocenters. The van der Waals surface area contributed by atoms with Crippen LogP contribution in [0.2, 0.25) is 0 Å². The smallest absolute Gasteiger partial charge is 0.310 e. The molecular formula is C21H22F2N2O6S. The summed E-state index contributed by atoms with van der Waals surface area (Å²) in [6.07, 6.45) is 0.870. The molecule has 2 aromatic rings. The van der Waals surface area contributed by atoms with Gasteiger partial charge in [0.25, 0.3) is 5.91 Å². The molecule has 0 saturated carbocycles. The van der Waals surface area contributed by atoms with Crippen molar-refractivity contribution in [3.05, 3.63) is 54.1 Å². The Labute approximate surface area is 184 Å². The minimum absolute atomic E-state index is 0.0133. The molecule has 32 heavy (non-hydrogen) atoms. The number of esters is 1. The molecular weight excluding hydrogens is 446 g/mol. The number of piperidine rings is 1. The first-order valence-electron chi connectivity index (χ1n) is 9.76. The van der Waals surface area contributed by atoms with Crippen LogP contribution in [0.15, 0.2) is 47.4 Å². The summed E-state index contributed by atoms with van der Waals surface area (Å²) < 4.78 is 63.2. The van der Waals surface area contributed by atoms with E-state index in [9.17, 15) is 26.8 Å². The zero-order valence-corrected chi connectivity index (χ0v) is 18.0. The number of nitrogens with zero attached hydrogens (tertiary/aromatic N) is 1. The fraction of sp³-hybridized carbons (Fsp3) is 0.333. The Morgan fingerprint density at radius 2 is 1.84 bits per heavy atom. The van der Waals surface area contributed by atoms with Crippen LogP contribution in [-0.4, -0.2) is 51.4 Å². The number of ether oxygens (including phenoxy) is 2. The van der Waals surface area contributed by atoms with Crippen LogP contribution in [0.5, 0.6) is 5.75 Å².